The van der Waals surface area contributed by atoms with Crippen molar-refractivity contribution in [3.05, 3.63) is 35.4 Å². The fourth-order valence-electron chi connectivity index (χ4n) is 2.17. The maximum Gasteiger partial charge on any atom is 0.322 e. The van der Waals surface area contributed by atoms with E-state index >= 15 is 0 Å². The van der Waals surface area contributed by atoms with Crippen molar-refractivity contribution < 1.29 is 14.7 Å². The highest BCUT2D eigenvalue weighted by molar-refractivity contribution is 5.96. The predicted molar refractivity (Wildman–Crippen MR) is 66.3 cm³/mol. The molecule has 1 aliphatic rings. The normalized spacial score (nSPS) is 16.9. The molecule has 1 heterocycles. The van der Waals surface area contributed by atoms with Gasteiger partial charge in [-0.2, -0.15) is 0 Å². The molecule has 1 amide bonds. The first-order valence-electron chi connectivity index (χ1n) is 5.95. The molecule has 5 heteroatoms. The van der Waals surface area contributed by atoms with E-state index in [1.54, 1.807) is 6.07 Å². The minimum atomic E-state index is -1.08. The highest BCUT2D eigenvalue weighted by atomic mass is 16.4. The fourth-order valence-corrected chi connectivity index (χ4v) is 2.17. The van der Waals surface area contributed by atoms with Crippen LogP contribution in [0.3, 0.4) is 0 Å². The number of hydrogen-bond acceptors (Lipinski definition) is 3. The highest BCUT2D eigenvalue weighted by Gasteiger charge is 2.25. The highest BCUT2D eigenvalue weighted by Crippen LogP contribution is 2.18. The number of carboxylic acid groups (broad SMARTS) is 1. The summed E-state index contributed by atoms with van der Waals surface area (Å²) in [6.45, 7) is 0.608. The van der Waals surface area contributed by atoms with Crippen LogP contribution in [0.25, 0.3) is 0 Å². The van der Waals surface area contributed by atoms with E-state index in [2.05, 4.69) is 0 Å². The number of hydrogen-bond donors (Lipinski definition) is 2. The number of fused-ring (bicyclic) bond motifs is 1. The van der Waals surface area contributed by atoms with Crippen molar-refractivity contribution in [2.24, 2.45) is 5.73 Å². The number of amides is 1. The first-order chi connectivity index (χ1) is 8.59. The van der Waals surface area contributed by atoms with Gasteiger partial charge < -0.3 is 15.7 Å². The summed E-state index contributed by atoms with van der Waals surface area (Å²) < 4.78 is 0. The largest absolute Gasteiger partial charge is 0.480 e. The molecule has 1 aliphatic heterocycles. The molecule has 0 aromatic heterocycles. The van der Waals surface area contributed by atoms with E-state index in [4.69, 9.17) is 10.8 Å². The Morgan fingerprint density at radius 3 is 2.89 bits per heavy atom. The third kappa shape index (κ3) is 2.51. The molecule has 0 bridgehead atoms. The smallest absolute Gasteiger partial charge is 0.322 e. The molecule has 1 aromatic rings. The second-order valence-corrected chi connectivity index (χ2v) is 4.46. The Labute approximate surface area is 105 Å². The molecule has 18 heavy (non-hydrogen) atoms. The van der Waals surface area contributed by atoms with Crippen LogP contribution in [0.15, 0.2) is 24.3 Å². The Balaban J connectivity index is 2.20. The maximum atomic E-state index is 12.3. The number of carboxylic acids is 1. The second kappa shape index (κ2) is 5.18. The lowest BCUT2D eigenvalue weighted by atomic mass is 10.0. The van der Waals surface area contributed by atoms with Gasteiger partial charge in [0.25, 0.3) is 5.91 Å². The van der Waals surface area contributed by atoms with E-state index in [1.165, 1.54) is 4.90 Å². The van der Waals surface area contributed by atoms with E-state index in [1.807, 2.05) is 18.2 Å². The van der Waals surface area contributed by atoms with Crippen LogP contribution in [0.2, 0.25) is 0 Å². The van der Waals surface area contributed by atoms with E-state index in [0.29, 0.717) is 12.1 Å². The van der Waals surface area contributed by atoms with Crippen LogP contribution in [0.4, 0.5) is 0 Å². The Kier molecular flexibility index (Phi) is 3.62. The fraction of sp³-hybridized carbons (Fsp3) is 0.385. The number of carbonyl (C=O) groups is 2. The molecule has 1 aromatic carbocycles. The van der Waals surface area contributed by atoms with Gasteiger partial charge >= 0.3 is 5.97 Å². The van der Waals surface area contributed by atoms with Crippen molar-refractivity contribution >= 4 is 11.9 Å². The van der Waals surface area contributed by atoms with Crippen LogP contribution in [-0.2, 0) is 11.2 Å². The summed E-state index contributed by atoms with van der Waals surface area (Å²) in [6.07, 6.45) is 1.66. The van der Waals surface area contributed by atoms with Gasteiger partial charge in [0.05, 0.1) is 0 Å². The first-order valence-corrected chi connectivity index (χ1v) is 5.95. The van der Waals surface area contributed by atoms with Gasteiger partial charge in [-0.25, -0.2) is 0 Å². The van der Waals surface area contributed by atoms with Crippen LogP contribution in [-0.4, -0.2) is 41.0 Å². The predicted octanol–water partition coefficient (Wildman–Crippen LogP) is 0.487. The number of nitrogens with zero attached hydrogens (tertiary/aromatic N) is 1. The summed E-state index contributed by atoms with van der Waals surface area (Å²) in [6, 6.07) is 6.41. The molecule has 0 aliphatic carbocycles. The number of carbonyl (C=O) groups excluding carboxylic acids is 1. The van der Waals surface area contributed by atoms with E-state index in [-0.39, 0.29) is 12.5 Å². The zero-order chi connectivity index (χ0) is 13.1. The van der Waals surface area contributed by atoms with Crippen molar-refractivity contribution in [1.82, 2.24) is 4.90 Å². The summed E-state index contributed by atoms with van der Waals surface area (Å²) in [4.78, 5) is 24.6. The van der Waals surface area contributed by atoms with Crippen LogP contribution < -0.4 is 5.73 Å². The van der Waals surface area contributed by atoms with Crippen molar-refractivity contribution in [2.75, 3.05) is 13.1 Å². The minimum absolute atomic E-state index is 0.0580. The molecule has 0 fully saturated rings. The molecular weight excluding hydrogens is 232 g/mol. The quantitative estimate of drug-likeness (QED) is 0.815. The molecule has 5 nitrogen and oxygen atoms in total. The van der Waals surface area contributed by atoms with E-state index in [0.717, 1.165) is 18.4 Å². The number of aliphatic carboxylic acids is 1. The zero-order valence-corrected chi connectivity index (χ0v) is 10.0. The number of benzene rings is 1. The second-order valence-electron chi connectivity index (χ2n) is 4.46. The van der Waals surface area contributed by atoms with Gasteiger partial charge in [0.2, 0.25) is 0 Å². The monoisotopic (exact) mass is 248 g/mol. The van der Waals surface area contributed by atoms with Crippen LogP contribution in [0.1, 0.15) is 22.3 Å². The molecule has 3 N–H and O–H groups in total. The van der Waals surface area contributed by atoms with Gasteiger partial charge in [-0.1, -0.05) is 18.2 Å². The Morgan fingerprint density at radius 2 is 2.17 bits per heavy atom. The lowest BCUT2D eigenvalue weighted by Gasteiger charge is -2.22. The summed E-state index contributed by atoms with van der Waals surface area (Å²) in [7, 11) is 0. The van der Waals surface area contributed by atoms with Gasteiger partial charge in [0.1, 0.15) is 6.04 Å². The topological polar surface area (TPSA) is 83.6 Å². The number of aryl methyl sites for hydroxylation is 1. The van der Waals surface area contributed by atoms with Crippen molar-refractivity contribution in [3.8, 4) is 0 Å². The van der Waals surface area contributed by atoms with Gasteiger partial charge in [-0.3, -0.25) is 9.59 Å². The minimum Gasteiger partial charge on any atom is -0.480 e. The van der Waals surface area contributed by atoms with Crippen LogP contribution >= 0.6 is 0 Å². The molecule has 2 rings (SSSR count). The standard InChI is InChI=1S/C13H16N2O3/c14-11(13(17)18)8-15-7-3-5-9-4-1-2-6-10(9)12(15)16/h1-2,4,6,11H,3,5,7-8,14H2,(H,17,18). The van der Waals surface area contributed by atoms with Crippen LogP contribution in [0.5, 0.6) is 0 Å². The zero-order valence-electron chi connectivity index (χ0n) is 10.0. The van der Waals surface area contributed by atoms with Crippen LogP contribution in [0, 0.1) is 0 Å². The molecule has 0 saturated heterocycles. The first kappa shape index (κ1) is 12.6. The van der Waals surface area contributed by atoms with Gasteiger partial charge in [0.15, 0.2) is 0 Å². The lowest BCUT2D eigenvalue weighted by molar-refractivity contribution is -0.138. The van der Waals surface area contributed by atoms with Crippen molar-refractivity contribution in [3.63, 3.8) is 0 Å². The van der Waals surface area contributed by atoms with E-state index in [9.17, 15) is 9.59 Å². The average molecular weight is 248 g/mol. The SMILES string of the molecule is NC(CN1CCCc2ccccc2C1=O)C(=O)O. The van der Waals surface area contributed by atoms with Crippen molar-refractivity contribution in [2.45, 2.75) is 18.9 Å². The third-order valence-electron chi connectivity index (χ3n) is 3.14. The van der Waals surface area contributed by atoms with Gasteiger partial charge in [0, 0.05) is 18.7 Å². The molecule has 0 radical (unpaired) electrons. The lowest BCUT2D eigenvalue weighted by Crippen LogP contribution is -2.45. The van der Waals surface area contributed by atoms with Crippen molar-refractivity contribution in [1.29, 1.82) is 0 Å². The average Bonchev–Trinajstić information content (AvgIpc) is 2.51. The van der Waals surface area contributed by atoms with Gasteiger partial charge in [-0.15, -0.1) is 0 Å². The Morgan fingerprint density at radius 1 is 1.44 bits per heavy atom. The molecule has 1 unspecified atom stereocenters. The van der Waals surface area contributed by atoms with Gasteiger partial charge in [-0.05, 0) is 24.5 Å². The molecule has 1 atom stereocenters. The molecule has 96 valence electrons. The maximum absolute atomic E-state index is 12.3. The molecular formula is C13H16N2O3. The molecule has 0 spiro atoms. The number of rotatable bonds is 3. The summed E-state index contributed by atoms with van der Waals surface area (Å²) in [5.41, 5.74) is 7.17. The Bertz CT molecular complexity index is 473. The summed E-state index contributed by atoms with van der Waals surface area (Å²) >= 11 is 0. The summed E-state index contributed by atoms with van der Waals surface area (Å²) in [5, 5.41) is 8.80. The number of nitrogens with two attached hydrogens (primary N) is 1. The van der Waals surface area contributed by atoms with E-state index < -0.39 is 12.0 Å². The Hall–Kier alpha value is -1.88. The third-order valence-corrected chi connectivity index (χ3v) is 3.14. The summed E-state index contributed by atoms with van der Waals surface area (Å²) in [5.74, 6) is -1.21. The molecule has 0 saturated carbocycles.